The number of ether oxygens (including phenoxy) is 1. The van der Waals surface area contributed by atoms with Crippen molar-refractivity contribution in [3.8, 4) is 18.2 Å². The van der Waals surface area contributed by atoms with Gasteiger partial charge in [-0.2, -0.15) is 4.98 Å². The van der Waals surface area contributed by atoms with E-state index in [0.717, 1.165) is 4.47 Å². The van der Waals surface area contributed by atoms with Gasteiger partial charge in [-0.1, -0.05) is 0 Å². The summed E-state index contributed by atoms with van der Waals surface area (Å²) in [6.45, 7) is 0.654. The third-order valence-electron chi connectivity index (χ3n) is 1.46. The van der Waals surface area contributed by atoms with Crippen LogP contribution in [0.4, 0.5) is 5.95 Å². The number of nitrogens with one attached hydrogen (secondary N) is 1. The van der Waals surface area contributed by atoms with E-state index in [2.05, 4.69) is 37.1 Å². The van der Waals surface area contributed by atoms with Gasteiger partial charge in [0.05, 0.1) is 17.8 Å². The van der Waals surface area contributed by atoms with E-state index in [1.54, 1.807) is 13.3 Å². The minimum absolute atomic E-state index is 0.503. The molecular weight excluding hydrogens is 246 g/mol. The van der Waals surface area contributed by atoms with E-state index >= 15 is 0 Å². The smallest absolute Gasteiger partial charge is 0.232 e. The Kier molecular flexibility index (Phi) is 4.20. The zero-order chi connectivity index (χ0) is 10.4. The van der Waals surface area contributed by atoms with Gasteiger partial charge < -0.3 is 10.1 Å². The maximum Gasteiger partial charge on any atom is 0.232 e. The fourth-order valence-corrected chi connectivity index (χ4v) is 1.18. The third-order valence-corrected chi connectivity index (χ3v) is 2.00. The van der Waals surface area contributed by atoms with Gasteiger partial charge in [-0.05, 0) is 15.9 Å². The number of hydrogen-bond donors (Lipinski definition) is 1. The van der Waals surface area contributed by atoms with Gasteiger partial charge in [-0.25, -0.2) is 4.98 Å². The summed E-state index contributed by atoms with van der Waals surface area (Å²) in [5.74, 6) is 3.54. The second-order valence-electron chi connectivity index (χ2n) is 2.43. The van der Waals surface area contributed by atoms with E-state index in [0.29, 0.717) is 24.8 Å². The fraction of sp³-hybridized carbons (Fsp3) is 0.333. The topological polar surface area (TPSA) is 47.0 Å². The molecule has 0 spiro atoms. The normalized spacial score (nSPS) is 9.21. The average molecular weight is 256 g/mol. The first-order valence-corrected chi connectivity index (χ1v) is 4.81. The van der Waals surface area contributed by atoms with Crippen LogP contribution >= 0.6 is 15.9 Å². The van der Waals surface area contributed by atoms with Crippen molar-refractivity contribution < 1.29 is 4.74 Å². The standard InChI is InChI=1S/C9H10BrN3O/c1-3-4-5-11-9-12-6-7(10)8(13-9)14-2/h1,6H,4-5H2,2H3,(H,11,12,13). The number of halogens is 1. The van der Waals surface area contributed by atoms with Gasteiger partial charge >= 0.3 is 0 Å². The minimum Gasteiger partial charge on any atom is -0.480 e. The molecule has 1 rings (SSSR count). The van der Waals surface area contributed by atoms with Gasteiger partial charge in [0.25, 0.3) is 0 Å². The highest BCUT2D eigenvalue weighted by Crippen LogP contribution is 2.21. The maximum absolute atomic E-state index is 5.11. The number of aromatic nitrogens is 2. The van der Waals surface area contributed by atoms with E-state index in [1.165, 1.54) is 0 Å². The Bertz CT molecular complexity index is 348. The monoisotopic (exact) mass is 255 g/mol. The van der Waals surface area contributed by atoms with Crippen molar-refractivity contribution in [2.75, 3.05) is 19.0 Å². The van der Waals surface area contributed by atoms with Crippen LogP contribution in [0.15, 0.2) is 10.7 Å². The summed E-state index contributed by atoms with van der Waals surface area (Å²) in [6.07, 6.45) is 7.38. The summed E-state index contributed by atoms with van der Waals surface area (Å²) in [7, 11) is 1.55. The Morgan fingerprint density at radius 2 is 2.50 bits per heavy atom. The minimum atomic E-state index is 0.503. The molecule has 1 N–H and O–H groups in total. The molecule has 5 heteroatoms. The molecular formula is C9H10BrN3O. The summed E-state index contributed by atoms with van der Waals surface area (Å²) in [6, 6.07) is 0. The summed E-state index contributed by atoms with van der Waals surface area (Å²) < 4.78 is 5.74. The van der Waals surface area contributed by atoms with E-state index in [9.17, 15) is 0 Å². The first-order valence-electron chi connectivity index (χ1n) is 4.01. The predicted molar refractivity (Wildman–Crippen MR) is 58.2 cm³/mol. The van der Waals surface area contributed by atoms with Gasteiger partial charge in [0.15, 0.2) is 0 Å². The first-order chi connectivity index (χ1) is 6.77. The maximum atomic E-state index is 5.11. The Morgan fingerprint density at radius 3 is 3.14 bits per heavy atom. The van der Waals surface area contributed by atoms with Crippen molar-refractivity contribution in [1.29, 1.82) is 0 Å². The lowest BCUT2D eigenvalue weighted by Crippen LogP contribution is -2.05. The Labute approximate surface area is 91.2 Å². The van der Waals surface area contributed by atoms with Crippen LogP contribution in [0.3, 0.4) is 0 Å². The van der Waals surface area contributed by atoms with Crippen LogP contribution in [0, 0.1) is 12.3 Å². The second kappa shape index (κ2) is 5.45. The summed E-state index contributed by atoms with van der Waals surface area (Å²) in [4.78, 5) is 8.14. The molecule has 1 aromatic heterocycles. The zero-order valence-electron chi connectivity index (χ0n) is 7.75. The highest BCUT2D eigenvalue weighted by molar-refractivity contribution is 9.10. The van der Waals surface area contributed by atoms with Crippen molar-refractivity contribution in [2.24, 2.45) is 0 Å². The molecule has 4 nitrogen and oxygen atoms in total. The van der Waals surface area contributed by atoms with Crippen LogP contribution in [-0.2, 0) is 0 Å². The summed E-state index contributed by atoms with van der Waals surface area (Å²) >= 11 is 3.26. The summed E-state index contributed by atoms with van der Waals surface area (Å²) in [5, 5.41) is 2.98. The first kappa shape index (κ1) is 10.8. The molecule has 0 saturated heterocycles. The molecule has 14 heavy (non-hydrogen) atoms. The van der Waals surface area contributed by atoms with E-state index in [4.69, 9.17) is 11.2 Å². The molecule has 1 aromatic rings. The highest BCUT2D eigenvalue weighted by atomic mass is 79.9. The number of methoxy groups -OCH3 is 1. The number of terminal acetylenes is 1. The molecule has 0 radical (unpaired) electrons. The lowest BCUT2D eigenvalue weighted by Gasteiger charge is -2.05. The molecule has 0 bridgehead atoms. The van der Waals surface area contributed by atoms with Gasteiger partial charge in [0.2, 0.25) is 11.8 Å². The van der Waals surface area contributed by atoms with Crippen LogP contribution in [0.1, 0.15) is 6.42 Å². The molecule has 0 saturated carbocycles. The van der Waals surface area contributed by atoms with Crippen molar-refractivity contribution in [1.82, 2.24) is 9.97 Å². The SMILES string of the molecule is C#CCCNc1ncc(Br)c(OC)n1. The van der Waals surface area contributed by atoms with Crippen molar-refractivity contribution in [2.45, 2.75) is 6.42 Å². The van der Waals surface area contributed by atoms with Crippen LogP contribution in [0.5, 0.6) is 5.88 Å². The molecule has 0 atom stereocenters. The molecule has 0 aromatic carbocycles. The zero-order valence-corrected chi connectivity index (χ0v) is 9.34. The second-order valence-corrected chi connectivity index (χ2v) is 3.29. The summed E-state index contributed by atoms with van der Waals surface area (Å²) in [5.41, 5.74) is 0. The average Bonchev–Trinajstić information content (AvgIpc) is 2.21. The van der Waals surface area contributed by atoms with Crippen LogP contribution in [0.25, 0.3) is 0 Å². The highest BCUT2D eigenvalue weighted by Gasteiger charge is 2.03. The molecule has 0 aliphatic heterocycles. The quantitative estimate of drug-likeness (QED) is 0.657. The third kappa shape index (κ3) is 2.89. The van der Waals surface area contributed by atoms with Crippen LogP contribution in [-0.4, -0.2) is 23.6 Å². The number of anilines is 1. The Balaban J connectivity index is 2.65. The fourth-order valence-electron chi connectivity index (χ4n) is 0.826. The van der Waals surface area contributed by atoms with E-state index in [-0.39, 0.29) is 0 Å². The van der Waals surface area contributed by atoms with Gasteiger partial charge in [-0.3, -0.25) is 0 Å². The molecule has 0 amide bonds. The molecule has 1 heterocycles. The lowest BCUT2D eigenvalue weighted by molar-refractivity contribution is 0.394. The van der Waals surface area contributed by atoms with Gasteiger partial charge in [-0.15, -0.1) is 12.3 Å². The van der Waals surface area contributed by atoms with E-state index in [1.807, 2.05) is 0 Å². The van der Waals surface area contributed by atoms with Gasteiger partial charge in [0, 0.05) is 13.0 Å². The largest absolute Gasteiger partial charge is 0.480 e. The van der Waals surface area contributed by atoms with Crippen LogP contribution < -0.4 is 10.1 Å². The lowest BCUT2D eigenvalue weighted by atomic mass is 10.4. The number of nitrogens with zero attached hydrogens (tertiary/aromatic N) is 2. The van der Waals surface area contributed by atoms with Gasteiger partial charge in [0.1, 0.15) is 0 Å². The number of rotatable bonds is 4. The molecule has 0 fully saturated rings. The van der Waals surface area contributed by atoms with Crippen molar-refractivity contribution >= 4 is 21.9 Å². The number of hydrogen-bond acceptors (Lipinski definition) is 4. The van der Waals surface area contributed by atoms with E-state index < -0.39 is 0 Å². The molecule has 0 aliphatic carbocycles. The predicted octanol–water partition coefficient (Wildman–Crippen LogP) is 1.68. The Morgan fingerprint density at radius 1 is 1.71 bits per heavy atom. The molecule has 0 aliphatic rings. The Hall–Kier alpha value is -1.28. The molecule has 74 valence electrons. The van der Waals surface area contributed by atoms with Crippen molar-refractivity contribution in [3.63, 3.8) is 0 Å². The van der Waals surface area contributed by atoms with Crippen molar-refractivity contribution in [3.05, 3.63) is 10.7 Å². The van der Waals surface area contributed by atoms with Crippen LogP contribution in [0.2, 0.25) is 0 Å². The molecule has 0 unspecified atom stereocenters.